The normalized spacial score (nSPS) is 29.6. The van der Waals surface area contributed by atoms with Crippen LogP contribution in [0.3, 0.4) is 0 Å². The van der Waals surface area contributed by atoms with Crippen molar-refractivity contribution in [1.29, 1.82) is 0 Å². The highest BCUT2D eigenvalue weighted by Gasteiger charge is 2.65. The molecule has 0 aromatic heterocycles. The molecule has 4 atom stereocenters. The van der Waals surface area contributed by atoms with E-state index in [1.54, 1.807) is 13.8 Å². The second-order valence-corrected chi connectivity index (χ2v) is 14.8. The van der Waals surface area contributed by atoms with Crippen LogP contribution in [0.25, 0.3) is 0 Å². The molecule has 2 aromatic carbocycles. The summed E-state index contributed by atoms with van der Waals surface area (Å²) >= 11 is 6.71. The number of alkyl halides is 1. The zero-order valence-corrected chi connectivity index (χ0v) is 20.8. The highest BCUT2D eigenvalue weighted by atomic mass is 35.5. The summed E-state index contributed by atoms with van der Waals surface area (Å²) in [5, 5.41) is 5.28. The largest absolute Gasteiger partial charge is 0.405 e. The van der Waals surface area contributed by atoms with Crippen LogP contribution in [0.15, 0.2) is 65.8 Å². The number of fused-ring (bicyclic) bond motifs is 1. The summed E-state index contributed by atoms with van der Waals surface area (Å²) in [5.41, 5.74) is 0. The third-order valence-electron chi connectivity index (χ3n) is 6.21. The van der Waals surface area contributed by atoms with E-state index in [0.29, 0.717) is 0 Å². The molecule has 6 nitrogen and oxygen atoms in total. The van der Waals surface area contributed by atoms with Crippen molar-refractivity contribution >= 4 is 30.3 Å². The topological polar surface area (TPSA) is 66.3 Å². The van der Waals surface area contributed by atoms with E-state index in [1.807, 2.05) is 36.4 Å². The number of hydrogen-bond donors (Lipinski definition) is 0. The van der Waals surface area contributed by atoms with Gasteiger partial charge in [0.05, 0.1) is 6.61 Å². The average molecular weight is 476 g/mol. The predicted octanol–water partition coefficient (Wildman–Crippen LogP) is 4.14. The quantitative estimate of drug-likeness (QED) is 0.272. The smallest absolute Gasteiger partial charge is 0.261 e. The van der Waals surface area contributed by atoms with Crippen LogP contribution >= 0.6 is 11.6 Å². The first-order chi connectivity index (χ1) is 15.0. The van der Waals surface area contributed by atoms with Crippen LogP contribution in [-0.2, 0) is 18.6 Å². The van der Waals surface area contributed by atoms with Gasteiger partial charge in [-0.15, -0.1) is 4.91 Å². The lowest BCUT2D eigenvalue weighted by Crippen LogP contribution is -2.67. The zero-order valence-electron chi connectivity index (χ0n) is 19.1. The van der Waals surface area contributed by atoms with Gasteiger partial charge in [0.15, 0.2) is 18.2 Å². The van der Waals surface area contributed by atoms with E-state index in [0.717, 1.165) is 10.4 Å². The van der Waals surface area contributed by atoms with Crippen molar-refractivity contribution in [3.05, 3.63) is 65.6 Å². The van der Waals surface area contributed by atoms with Gasteiger partial charge in [0.25, 0.3) is 8.32 Å². The first-order valence-electron chi connectivity index (χ1n) is 10.8. The lowest BCUT2D eigenvalue weighted by Gasteiger charge is -2.44. The van der Waals surface area contributed by atoms with E-state index < -0.39 is 37.6 Å². The molecule has 172 valence electrons. The first kappa shape index (κ1) is 23.5. The van der Waals surface area contributed by atoms with Gasteiger partial charge in [-0.2, -0.15) is 0 Å². The molecule has 0 radical (unpaired) electrons. The Morgan fingerprint density at radius 2 is 1.53 bits per heavy atom. The summed E-state index contributed by atoms with van der Waals surface area (Å²) in [6, 6.07) is 20.5. The maximum atomic E-state index is 11.9. The number of hydrogen-bond acceptors (Lipinski definition) is 6. The van der Waals surface area contributed by atoms with Gasteiger partial charge >= 0.3 is 0 Å². The van der Waals surface area contributed by atoms with E-state index in [-0.39, 0.29) is 11.6 Å². The van der Waals surface area contributed by atoms with E-state index >= 15 is 0 Å². The van der Waals surface area contributed by atoms with Crippen molar-refractivity contribution in [2.75, 3.05) is 6.61 Å². The molecular formula is C24H30ClNO5Si. The number of nitrogens with zero attached hydrogens (tertiary/aromatic N) is 1. The lowest BCUT2D eigenvalue weighted by atomic mass is 10.1. The summed E-state index contributed by atoms with van der Waals surface area (Å²) in [5.74, 6) is -0.899. The third kappa shape index (κ3) is 3.85. The van der Waals surface area contributed by atoms with Gasteiger partial charge < -0.3 is 18.6 Å². The monoisotopic (exact) mass is 475 g/mol. The van der Waals surface area contributed by atoms with Gasteiger partial charge in [0.1, 0.15) is 6.10 Å². The van der Waals surface area contributed by atoms with Gasteiger partial charge in [-0.3, -0.25) is 0 Å². The van der Waals surface area contributed by atoms with Crippen LogP contribution in [0.2, 0.25) is 5.04 Å². The highest BCUT2D eigenvalue weighted by Crippen LogP contribution is 2.48. The fraction of sp³-hybridized carbons (Fsp3) is 0.500. The van der Waals surface area contributed by atoms with Crippen LogP contribution in [0.1, 0.15) is 34.6 Å². The molecule has 0 unspecified atom stereocenters. The molecule has 0 saturated carbocycles. The SMILES string of the molecule is CC1(C)O[C@H]2O[C@H](CO[Si](c3ccccc3)(c3ccccc3)C(C)(C)C)[C@@](Cl)(N=O)[C@H]2O1. The summed E-state index contributed by atoms with van der Waals surface area (Å²) in [6.07, 6.45) is -2.38. The second kappa shape index (κ2) is 8.31. The molecule has 8 heteroatoms. The number of nitroso groups, excluding NO2 is 1. The van der Waals surface area contributed by atoms with Crippen LogP contribution in [0.5, 0.6) is 0 Å². The molecule has 0 spiro atoms. The van der Waals surface area contributed by atoms with Crippen LogP contribution in [0.4, 0.5) is 0 Å². The highest BCUT2D eigenvalue weighted by molar-refractivity contribution is 6.99. The number of rotatable bonds is 6. The molecule has 2 heterocycles. The number of ether oxygens (including phenoxy) is 3. The molecule has 0 bridgehead atoms. The van der Waals surface area contributed by atoms with Gasteiger partial charge in [0.2, 0.25) is 5.00 Å². The summed E-state index contributed by atoms with van der Waals surface area (Å²) in [6.45, 7) is 10.1. The predicted molar refractivity (Wildman–Crippen MR) is 127 cm³/mol. The standard InChI is InChI=1S/C24H30ClNO5Si/c1-22(2,3)32(17-12-8-6-9-13-17,18-14-10-7-11-15-18)28-16-19-24(25,26-27)20-21(29-19)31-23(4,5)30-20/h6-15,19-21H,16H2,1-5H3/t19-,20+,21-,24-/m1/s1. The minimum Gasteiger partial charge on any atom is -0.405 e. The first-order valence-corrected chi connectivity index (χ1v) is 13.1. The minimum absolute atomic E-state index is 0.0860. The molecule has 2 aliphatic heterocycles. The maximum absolute atomic E-state index is 11.9. The van der Waals surface area contributed by atoms with Crippen molar-refractivity contribution < 1.29 is 18.6 Å². The molecule has 32 heavy (non-hydrogen) atoms. The van der Waals surface area contributed by atoms with Gasteiger partial charge in [-0.25, -0.2) is 0 Å². The average Bonchev–Trinajstić information content (AvgIpc) is 3.19. The van der Waals surface area contributed by atoms with Crippen molar-refractivity contribution in [3.63, 3.8) is 0 Å². The van der Waals surface area contributed by atoms with Crippen LogP contribution in [0, 0.1) is 4.91 Å². The fourth-order valence-corrected chi connectivity index (χ4v) is 9.59. The molecular weight excluding hydrogens is 446 g/mol. The Morgan fingerprint density at radius 1 is 1.00 bits per heavy atom. The Hall–Kier alpha value is -1.61. The van der Waals surface area contributed by atoms with E-state index in [1.165, 1.54) is 0 Å². The van der Waals surface area contributed by atoms with E-state index in [9.17, 15) is 4.91 Å². The Bertz CT molecular complexity index is 912. The van der Waals surface area contributed by atoms with Gasteiger partial charge in [0, 0.05) is 0 Å². The Kier molecular flexibility index (Phi) is 6.11. The second-order valence-electron chi connectivity index (χ2n) is 9.84. The lowest BCUT2D eigenvalue weighted by molar-refractivity contribution is -0.210. The molecule has 2 fully saturated rings. The Balaban J connectivity index is 1.71. The summed E-state index contributed by atoms with van der Waals surface area (Å²) in [4.78, 5) is 10.3. The third-order valence-corrected chi connectivity index (χ3v) is 11.7. The molecule has 0 N–H and O–H groups in total. The molecule has 2 aromatic rings. The van der Waals surface area contributed by atoms with Crippen molar-refractivity contribution in [2.24, 2.45) is 5.18 Å². The summed E-state index contributed by atoms with van der Waals surface area (Å²) in [7, 11) is -2.82. The summed E-state index contributed by atoms with van der Waals surface area (Å²) < 4.78 is 24.6. The van der Waals surface area contributed by atoms with E-state index in [4.69, 9.17) is 30.2 Å². The molecule has 2 saturated heterocycles. The molecule has 2 aliphatic rings. The zero-order chi connectivity index (χ0) is 23.2. The van der Waals surface area contributed by atoms with Gasteiger partial charge in [-0.05, 0) is 34.4 Å². The molecule has 0 amide bonds. The minimum atomic E-state index is -2.82. The van der Waals surface area contributed by atoms with Gasteiger partial charge in [-0.1, -0.05) is 93.0 Å². The van der Waals surface area contributed by atoms with Crippen molar-refractivity contribution in [1.82, 2.24) is 0 Å². The number of halogens is 1. The Labute approximate surface area is 195 Å². The van der Waals surface area contributed by atoms with Crippen molar-refractivity contribution in [3.8, 4) is 0 Å². The molecule has 0 aliphatic carbocycles. The van der Waals surface area contributed by atoms with E-state index in [2.05, 4.69) is 50.2 Å². The van der Waals surface area contributed by atoms with Crippen LogP contribution < -0.4 is 10.4 Å². The fourth-order valence-electron chi connectivity index (χ4n) is 4.77. The number of benzene rings is 2. The molecule has 4 rings (SSSR count). The van der Waals surface area contributed by atoms with Crippen LogP contribution in [-0.4, -0.2) is 44.2 Å². The van der Waals surface area contributed by atoms with Crippen molar-refractivity contribution in [2.45, 2.75) is 68.9 Å². The maximum Gasteiger partial charge on any atom is 0.261 e. The Morgan fingerprint density at radius 3 is 2.00 bits per heavy atom.